The molecule has 0 spiro atoms. The molecule has 0 bridgehead atoms. The van der Waals surface area contributed by atoms with E-state index in [9.17, 15) is 0 Å². The first-order valence-electron chi connectivity index (χ1n) is 2.26. The molecule has 1 aromatic rings. The Labute approximate surface area is 43.0 Å². The molecule has 1 heteroatoms. The maximum absolute atomic E-state index is 3.88. The van der Waals surface area contributed by atoms with Gasteiger partial charge in [-0.1, -0.05) is 6.07 Å². The van der Waals surface area contributed by atoms with Gasteiger partial charge in [0.2, 0.25) is 0 Å². The molecule has 0 unspecified atom stereocenters. The molecule has 0 atom stereocenters. The van der Waals surface area contributed by atoms with Crippen LogP contribution in [0.25, 0.3) is 0 Å². The Bertz CT molecular complexity index is 134. The van der Waals surface area contributed by atoms with E-state index in [1.165, 1.54) is 5.56 Å². The average Bonchev–Trinajstić information content (AvgIpc) is 1.69. The van der Waals surface area contributed by atoms with E-state index in [0.29, 0.717) is 0 Å². The Morgan fingerprint density at radius 3 is 2.71 bits per heavy atom. The van der Waals surface area contributed by atoms with Crippen LogP contribution in [0.3, 0.4) is 0 Å². The van der Waals surface area contributed by atoms with Crippen LogP contribution in [-0.4, -0.2) is 4.98 Å². The predicted molar refractivity (Wildman–Crippen MR) is 29.0 cm³/mol. The third-order valence-electron chi connectivity index (χ3n) is 0.809. The molecule has 0 radical (unpaired) electrons. The van der Waals surface area contributed by atoms with E-state index in [0.717, 1.165) is 0 Å². The lowest BCUT2D eigenvalue weighted by Gasteiger charge is -1.82. The van der Waals surface area contributed by atoms with Crippen LogP contribution in [0.4, 0.5) is 0 Å². The van der Waals surface area contributed by atoms with E-state index in [2.05, 4.69) is 4.98 Å². The highest BCUT2D eigenvalue weighted by Gasteiger charge is 1.73. The Balaban J connectivity index is 3.02. The van der Waals surface area contributed by atoms with Crippen LogP contribution in [-0.2, 0) is 0 Å². The van der Waals surface area contributed by atoms with Crippen LogP contribution in [0.1, 0.15) is 5.56 Å². The number of rotatable bonds is 0. The zero-order valence-corrected chi connectivity index (χ0v) is 4.26. The minimum absolute atomic E-state index is 1.21. The molecular formula is C6H7N. The fraction of sp³-hybridized carbons (Fsp3) is 0.167. The number of hydrogen-bond acceptors (Lipinski definition) is 1. The fourth-order valence-electron chi connectivity index (χ4n) is 0.448. The first kappa shape index (κ1) is 4.31. The van der Waals surface area contributed by atoms with Crippen molar-refractivity contribution in [3.05, 3.63) is 30.1 Å². The van der Waals surface area contributed by atoms with Crippen molar-refractivity contribution in [1.29, 1.82) is 0 Å². The van der Waals surface area contributed by atoms with Crippen molar-refractivity contribution >= 4 is 0 Å². The summed E-state index contributed by atoms with van der Waals surface area (Å²) < 4.78 is 0. The molecular weight excluding hydrogens is 85.1 g/mol. The van der Waals surface area contributed by atoms with Crippen LogP contribution in [0.15, 0.2) is 24.5 Å². The van der Waals surface area contributed by atoms with Crippen LogP contribution in [0.5, 0.6) is 0 Å². The summed E-state index contributed by atoms with van der Waals surface area (Å²) in [6.07, 6.45) is 3.60. The standard InChI is InChI=1S/C6H7N/c1-6-3-2-4-7-5-6/h2-5H,1H3/i5-1. The number of hydrogen-bond donors (Lipinski definition) is 0. The van der Waals surface area contributed by atoms with Crippen molar-refractivity contribution < 1.29 is 0 Å². The topological polar surface area (TPSA) is 12.9 Å². The third kappa shape index (κ3) is 1.000. The summed E-state index contributed by atoms with van der Waals surface area (Å²) >= 11 is 0. The second-order valence-electron chi connectivity index (χ2n) is 1.53. The molecule has 1 heterocycles. The average molecular weight is 92.1 g/mol. The van der Waals surface area contributed by atoms with Gasteiger partial charge >= 0.3 is 0 Å². The van der Waals surface area contributed by atoms with Crippen molar-refractivity contribution in [2.75, 3.05) is 0 Å². The predicted octanol–water partition coefficient (Wildman–Crippen LogP) is 1.39. The Morgan fingerprint density at radius 2 is 2.43 bits per heavy atom. The van der Waals surface area contributed by atoms with Gasteiger partial charge in [-0.2, -0.15) is 0 Å². The van der Waals surface area contributed by atoms with Crippen molar-refractivity contribution in [3.63, 3.8) is 0 Å². The number of aromatic nitrogens is 1. The number of aryl methyl sites for hydroxylation is 1. The summed E-state index contributed by atoms with van der Waals surface area (Å²) in [6.45, 7) is 2.02. The van der Waals surface area contributed by atoms with Gasteiger partial charge in [-0.3, -0.25) is 4.98 Å². The second kappa shape index (κ2) is 1.73. The van der Waals surface area contributed by atoms with Crippen LogP contribution in [0, 0.1) is 6.92 Å². The van der Waals surface area contributed by atoms with Crippen LogP contribution in [0.2, 0.25) is 0 Å². The normalized spacial score (nSPS) is 8.71. The maximum Gasteiger partial charge on any atom is 0.0297 e. The SMILES string of the molecule is Cc1cccn[11cH]1. The summed E-state index contributed by atoms with van der Waals surface area (Å²) in [4.78, 5) is 3.88. The van der Waals surface area contributed by atoms with E-state index in [1.54, 1.807) is 6.20 Å². The van der Waals surface area contributed by atoms with Crippen molar-refractivity contribution in [2.45, 2.75) is 6.92 Å². The largest absolute Gasteiger partial charge is 0.264 e. The third-order valence-corrected chi connectivity index (χ3v) is 0.809. The summed E-state index contributed by atoms with van der Waals surface area (Å²) in [5.41, 5.74) is 1.21. The molecule has 7 heavy (non-hydrogen) atoms. The van der Waals surface area contributed by atoms with Gasteiger partial charge in [0.1, 0.15) is 0 Å². The highest BCUT2D eigenvalue weighted by Crippen LogP contribution is 1.88. The van der Waals surface area contributed by atoms with Crippen molar-refractivity contribution in [1.82, 2.24) is 4.98 Å². The number of pyridine rings is 1. The fourth-order valence-corrected chi connectivity index (χ4v) is 0.448. The molecule has 0 aromatic carbocycles. The molecule has 0 aliphatic heterocycles. The molecule has 0 aliphatic carbocycles. The highest BCUT2D eigenvalue weighted by molar-refractivity contribution is 5.04. The van der Waals surface area contributed by atoms with Gasteiger partial charge < -0.3 is 0 Å². The van der Waals surface area contributed by atoms with Crippen molar-refractivity contribution in [3.8, 4) is 0 Å². The van der Waals surface area contributed by atoms with E-state index in [4.69, 9.17) is 0 Å². The van der Waals surface area contributed by atoms with Crippen LogP contribution < -0.4 is 0 Å². The first-order valence-corrected chi connectivity index (χ1v) is 2.26. The summed E-state index contributed by atoms with van der Waals surface area (Å²) in [5, 5.41) is 0. The maximum atomic E-state index is 3.88. The van der Waals surface area contributed by atoms with Gasteiger partial charge in [-0.15, -0.1) is 0 Å². The van der Waals surface area contributed by atoms with E-state index >= 15 is 0 Å². The molecule has 36 valence electrons. The summed E-state index contributed by atoms with van der Waals surface area (Å²) in [7, 11) is 0. The summed E-state index contributed by atoms with van der Waals surface area (Å²) in [6, 6.07) is 3.95. The molecule has 1 aromatic heterocycles. The first-order chi connectivity index (χ1) is 3.39. The molecule has 0 saturated heterocycles. The van der Waals surface area contributed by atoms with Crippen LogP contribution >= 0.6 is 0 Å². The minimum Gasteiger partial charge on any atom is -0.264 e. The van der Waals surface area contributed by atoms with Gasteiger partial charge in [-0.25, -0.2) is 0 Å². The molecule has 0 amide bonds. The van der Waals surface area contributed by atoms with Gasteiger partial charge in [0.25, 0.3) is 0 Å². The smallest absolute Gasteiger partial charge is 0.0297 e. The second-order valence-corrected chi connectivity index (χ2v) is 1.53. The molecule has 0 saturated carbocycles. The van der Waals surface area contributed by atoms with E-state index in [1.807, 2.05) is 25.3 Å². The summed E-state index contributed by atoms with van der Waals surface area (Å²) in [5.74, 6) is 0. The zero-order valence-electron chi connectivity index (χ0n) is 4.26. The van der Waals surface area contributed by atoms with Crippen molar-refractivity contribution in [2.24, 2.45) is 0 Å². The van der Waals surface area contributed by atoms with Gasteiger partial charge in [-0.05, 0) is 18.6 Å². The van der Waals surface area contributed by atoms with E-state index < -0.39 is 0 Å². The molecule has 0 fully saturated rings. The minimum atomic E-state index is 1.21. The monoisotopic (exact) mass is 92.1 g/mol. The molecule has 0 aliphatic rings. The van der Waals surface area contributed by atoms with Gasteiger partial charge in [0, 0.05) is 12.4 Å². The Kier molecular flexibility index (Phi) is 1.07. The highest BCUT2D eigenvalue weighted by atomic mass is 14.5. The number of nitrogens with zero attached hydrogens (tertiary/aromatic N) is 1. The lowest BCUT2D eigenvalue weighted by Crippen LogP contribution is -1.69. The van der Waals surface area contributed by atoms with Gasteiger partial charge in [0.15, 0.2) is 0 Å². The van der Waals surface area contributed by atoms with Gasteiger partial charge in [0.05, 0.1) is 0 Å². The quantitative estimate of drug-likeness (QED) is 0.471. The molecule has 0 N–H and O–H groups in total. The lowest BCUT2D eigenvalue weighted by molar-refractivity contribution is 1.27. The lowest BCUT2D eigenvalue weighted by atomic mass is 10.1. The Morgan fingerprint density at radius 1 is 1.57 bits per heavy atom. The zero-order chi connectivity index (χ0) is 5.11. The van der Waals surface area contributed by atoms with E-state index in [-0.39, 0.29) is 0 Å². The Hall–Kier alpha value is -0.850. The molecule has 1 rings (SSSR count). The molecule has 1 nitrogen and oxygen atoms in total.